The Kier molecular flexibility index (Phi) is 4.16. The third-order valence-electron chi connectivity index (χ3n) is 2.65. The maximum Gasteiger partial charge on any atom is 0.406 e. The molecule has 1 aliphatic rings. The van der Waals surface area contributed by atoms with Gasteiger partial charge in [-0.2, -0.15) is 0 Å². The van der Waals surface area contributed by atoms with Gasteiger partial charge in [0.15, 0.2) is 0 Å². The van der Waals surface area contributed by atoms with Crippen molar-refractivity contribution in [2.24, 2.45) is 0 Å². The largest absolute Gasteiger partial charge is 0.453 e. The Labute approximate surface area is 85.0 Å². The van der Waals surface area contributed by atoms with Crippen LogP contribution in [-0.4, -0.2) is 69.3 Å². The highest BCUT2D eigenvalue weighted by Crippen LogP contribution is 2.04. The number of amides is 1. The van der Waals surface area contributed by atoms with Gasteiger partial charge in [0.2, 0.25) is 0 Å². The van der Waals surface area contributed by atoms with Crippen molar-refractivity contribution in [2.45, 2.75) is 6.04 Å². The van der Waals surface area contributed by atoms with Crippen LogP contribution >= 0.6 is 0 Å². The fourth-order valence-corrected chi connectivity index (χ4v) is 1.60. The second kappa shape index (κ2) is 5.17. The van der Waals surface area contributed by atoms with Gasteiger partial charge in [-0.05, 0) is 14.1 Å². The Hall–Kier alpha value is -0.810. The van der Waals surface area contributed by atoms with E-state index >= 15 is 0 Å². The van der Waals surface area contributed by atoms with Gasteiger partial charge in [-0.1, -0.05) is 0 Å². The zero-order chi connectivity index (χ0) is 10.6. The predicted molar refractivity (Wildman–Crippen MR) is 54.3 cm³/mol. The molecule has 0 aromatic carbocycles. The van der Waals surface area contributed by atoms with Crippen molar-refractivity contribution in [2.75, 3.05) is 47.4 Å². The number of hydrogen-bond donors (Lipinski definition) is 1. The lowest BCUT2D eigenvalue weighted by atomic mass is 10.2. The average molecular weight is 201 g/mol. The molecular formula is C9H19N3O2. The number of nitrogens with zero attached hydrogens (tertiary/aromatic N) is 2. The molecule has 1 amide bonds. The molecule has 1 rings (SSSR count). The molecule has 0 aliphatic carbocycles. The van der Waals surface area contributed by atoms with Crippen LogP contribution in [0.4, 0.5) is 4.79 Å². The van der Waals surface area contributed by atoms with Crippen LogP contribution in [0.15, 0.2) is 0 Å². The number of alkyl carbamates (subject to hydrolysis) is 1. The van der Waals surface area contributed by atoms with Gasteiger partial charge in [-0.3, -0.25) is 4.90 Å². The number of nitrogens with one attached hydrogen (secondary N) is 1. The number of piperazine rings is 1. The van der Waals surface area contributed by atoms with Crippen LogP contribution in [0.5, 0.6) is 0 Å². The molecule has 5 nitrogen and oxygen atoms in total. The quantitative estimate of drug-likeness (QED) is 0.659. The van der Waals surface area contributed by atoms with Crippen LogP contribution in [0.3, 0.4) is 0 Å². The molecular weight excluding hydrogens is 182 g/mol. The first kappa shape index (κ1) is 11.3. The molecule has 5 heteroatoms. The van der Waals surface area contributed by atoms with Gasteiger partial charge in [0.25, 0.3) is 0 Å². The first-order valence-electron chi connectivity index (χ1n) is 4.84. The van der Waals surface area contributed by atoms with E-state index in [-0.39, 0.29) is 6.09 Å². The fourth-order valence-electron chi connectivity index (χ4n) is 1.60. The monoisotopic (exact) mass is 201 g/mol. The van der Waals surface area contributed by atoms with Gasteiger partial charge in [0, 0.05) is 32.2 Å². The number of hydrogen-bond acceptors (Lipinski definition) is 4. The van der Waals surface area contributed by atoms with Crippen molar-refractivity contribution in [1.29, 1.82) is 0 Å². The van der Waals surface area contributed by atoms with Crippen LogP contribution in [-0.2, 0) is 4.74 Å². The van der Waals surface area contributed by atoms with Crippen LogP contribution in [0, 0.1) is 0 Å². The molecule has 82 valence electrons. The van der Waals surface area contributed by atoms with Gasteiger partial charge < -0.3 is 15.0 Å². The topological polar surface area (TPSA) is 44.8 Å². The molecule has 0 aromatic heterocycles. The van der Waals surface area contributed by atoms with Crippen molar-refractivity contribution in [3.8, 4) is 0 Å². The molecule has 1 heterocycles. The molecule has 1 atom stereocenters. The van der Waals surface area contributed by atoms with Crippen molar-refractivity contribution in [1.82, 2.24) is 15.1 Å². The van der Waals surface area contributed by atoms with E-state index in [0.717, 1.165) is 19.6 Å². The van der Waals surface area contributed by atoms with Crippen LogP contribution in [0.1, 0.15) is 0 Å². The predicted octanol–water partition coefficient (Wildman–Crippen LogP) is -0.412. The minimum Gasteiger partial charge on any atom is -0.453 e. The Bertz CT molecular complexity index is 198. The first-order valence-corrected chi connectivity index (χ1v) is 4.84. The van der Waals surface area contributed by atoms with Gasteiger partial charge in [-0.15, -0.1) is 0 Å². The smallest absolute Gasteiger partial charge is 0.406 e. The van der Waals surface area contributed by atoms with Crippen LogP contribution < -0.4 is 5.32 Å². The molecule has 1 fully saturated rings. The lowest BCUT2D eigenvalue weighted by Crippen LogP contribution is -2.54. The molecule has 0 spiro atoms. The third-order valence-corrected chi connectivity index (χ3v) is 2.65. The summed E-state index contributed by atoms with van der Waals surface area (Å²) < 4.78 is 4.52. The highest BCUT2D eigenvalue weighted by atomic mass is 16.5. The van der Waals surface area contributed by atoms with E-state index in [9.17, 15) is 4.79 Å². The van der Waals surface area contributed by atoms with E-state index in [2.05, 4.69) is 33.9 Å². The summed E-state index contributed by atoms with van der Waals surface area (Å²) in [5.41, 5.74) is 0. The molecule has 1 aliphatic heterocycles. The summed E-state index contributed by atoms with van der Waals surface area (Å²) >= 11 is 0. The summed E-state index contributed by atoms with van der Waals surface area (Å²) in [5.74, 6) is 0. The average Bonchev–Trinajstić information content (AvgIpc) is 2.19. The van der Waals surface area contributed by atoms with E-state index in [1.54, 1.807) is 0 Å². The summed E-state index contributed by atoms with van der Waals surface area (Å²) in [6, 6.07) is 0.382. The number of rotatable bonds is 2. The Balaban J connectivity index is 2.30. The van der Waals surface area contributed by atoms with Crippen molar-refractivity contribution >= 4 is 6.09 Å². The number of carbonyl (C=O) groups excluding carboxylic acids is 1. The SMILES string of the molecule is COC(=O)NC[C@@H]1CN(C)CCN1C. The van der Waals surface area contributed by atoms with Gasteiger partial charge in [-0.25, -0.2) is 4.79 Å². The molecule has 0 unspecified atom stereocenters. The van der Waals surface area contributed by atoms with Crippen LogP contribution in [0.2, 0.25) is 0 Å². The number of ether oxygens (including phenoxy) is 1. The third kappa shape index (κ3) is 3.16. The zero-order valence-corrected chi connectivity index (χ0v) is 9.12. The minimum atomic E-state index is -0.355. The van der Waals surface area contributed by atoms with E-state index in [4.69, 9.17) is 0 Å². The van der Waals surface area contributed by atoms with Gasteiger partial charge in [0.1, 0.15) is 0 Å². The van der Waals surface area contributed by atoms with Gasteiger partial charge >= 0.3 is 6.09 Å². The highest BCUT2D eigenvalue weighted by Gasteiger charge is 2.22. The van der Waals surface area contributed by atoms with E-state index in [0.29, 0.717) is 12.6 Å². The molecule has 0 radical (unpaired) electrons. The maximum atomic E-state index is 10.9. The van der Waals surface area contributed by atoms with E-state index < -0.39 is 0 Å². The Morgan fingerprint density at radius 2 is 2.21 bits per heavy atom. The zero-order valence-electron chi connectivity index (χ0n) is 9.12. The first-order chi connectivity index (χ1) is 6.63. The van der Waals surface area contributed by atoms with Crippen molar-refractivity contribution in [3.05, 3.63) is 0 Å². The molecule has 0 saturated carbocycles. The number of likely N-dealkylation sites (N-methyl/N-ethyl adjacent to an activating group) is 2. The fraction of sp³-hybridized carbons (Fsp3) is 0.889. The second-order valence-electron chi connectivity index (χ2n) is 3.77. The summed E-state index contributed by atoms with van der Waals surface area (Å²) in [6.07, 6.45) is -0.355. The standard InChI is InChI=1S/C9H19N3O2/c1-11-4-5-12(2)8(7-11)6-10-9(13)14-3/h8H,4-7H2,1-3H3,(H,10,13)/t8-/m1/s1. The Morgan fingerprint density at radius 3 is 2.86 bits per heavy atom. The van der Waals surface area contributed by atoms with Crippen molar-refractivity contribution < 1.29 is 9.53 Å². The highest BCUT2D eigenvalue weighted by molar-refractivity contribution is 5.66. The van der Waals surface area contributed by atoms with E-state index in [1.165, 1.54) is 7.11 Å². The molecule has 0 aromatic rings. The lowest BCUT2D eigenvalue weighted by molar-refractivity contribution is 0.109. The van der Waals surface area contributed by atoms with Gasteiger partial charge in [0.05, 0.1) is 7.11 Å². The van der Waals surface area contributed by atoms with Crippen molar-refractivity contribution in [3.63, 3.8) is 0 Å². The summed E-state index contributed by atoms with van der Waals surface area (Å²) in [6.45, 7) is 3.77. The number of methoxy groups -OCH3 is 1. The number of carbonyl (C=O) groups is 1. The summed E-state index contributed by atoms with van der Waals surface area (Å²) in [7, 11) is 5.56. The molecule has 1 N–H and O–H groups in total. The van der Waals surface area contributed by atoms with E-state index in [1.807, 2.05) is 0 Å². The summed E-state index contributed by atoms with van der Waals surface area (Å²) in [5, 5.41) is 2.72. The molecule has 1 saturated heterocycles. The summed E-state index contributed by atoms with van der Waals surface area (Å²) in [4.78, 5) is 15.4. The Morgan fingerprint density at radius 1 is 1.50 bits per heavy atom. The minimum absolute atomic E-state index is 0.355. The normalized spacial score (nSPS) is 24.6. The molecule has 0 bridgehead atoms. The second-order valence-corrected chi connectivity index (χ2v) is 3.77. The lowest BCUT2D eigenvalue weighted by Gasteiger charge is -2.37. The maximum absolute atomic E-state index is 10.9. The van der Waals surface area contributed by atoms with Crippen LogP contribution in [0.25, 0.3) is 0 Å². The molecule has 14 heavy (non-hydrogen) atoms.